The van der Waals surface area contributed by atoms with Crippen LogP contribution < -0.4 is 11.1 Å². The summed E-state index contributed by atoms with van der Waals surface area (Å²) < 4.78 is 1.70. The first kappa shape index (κ1) is 11.9. The molecule has 2 aromatic rings. The fourth-order valence-electron chi connectivity index (χ4n) is 1.67. The fraction of sp³-hybridized carbons (Fsp3) is 0.182. The highest BCUT2D eigenvalue weighted by Gasteiger charge is 2.17. The second-order valence-electron chi connectivity index (χ2n) is 3.80. The molecule has 94 valence electrons. The average Bonchev–Trinajstić information content (AvgIpc) is 2.71. The van der Waals surface area contributed by atoms with Gasteiger partial charge in [-0.05, 0) is 18.2 Å². The summed E-state index contributed by atoms with van der Waals surface area (Å²) in [6.07, 6.45) is 1.67. The molecular weight excluding hydrogens is 234 g/mol. The van der Waals surface area contributed by atoms with E-state index in [1.54, 1.807) is 23.0 Å². The number of hydrogen-bond donors (Lipinski definition) is 2. The van der Waals surface area contributed by atoms with Gasteiger partial charge in [0, 0.05) is 13.2 Å². The van der Waals surface area contributed by atoms with Crippen molar-refractivity contribution >= 4 is 17.1 Å². The van der Waals surface area contributed by atoms with Crippen molar-refractivity contribution in [2.24, 2.45) is 7.05 Å². The molecule has 0 atom stereocenters. The molecule has 0 bridgehead atoms. The van der Waals surface area contributed by atoms with E-state index < -0.39 is 4.92 Å². The summed E-state index contributed by atoms with van der Waals surface area (Å²) in [6.45, 7) is 0.445. The van der Waals surface area contributed by atoms with Crippen LogP contribution in [0.4, 0.5) is 17.1 Å². The summed E-state index contributed by atoms with van der Waals surface area (Å²) in [5.74, 6) is 0. The number of nitrogens with one attached hydrogen (secondary N) is 1. The van der Waals surface area contributed by atoms with Crippen LogP contribution >= 0.6 is 0 Å². The fourth-order valence-corrected chi connectivity index (χ4v) is 1.67. The van der Waals surface area contributed by atoms with Crippen molar-refractivity contribution in [2.45, 2.75) is 6.54 Å². The summed E-state index contributed by atoms with van der Waals surface area (Å²) in [5, 5.41) is 18.0. The molecule has 0 radical (unpaired) electrons. The lowest BCUT2D eigenvalue weighted by Gasteiger charge is -2.08. The van der Waals surface area contributed by atoms with Gasteiger partial charge in [0.25, 0.3) is 0 Å². The molecule has 0 saturated heterocycles. The molecule has 1 aromatic heterocycles. The van der Waals surface area contributed by atoms with Crippen LogP contribution in [0.1, 0.15) is 5.69 Å². The van der Waals surface area contributed by atoms with Gasteiger partial charge >= 0.3 is 5.69 Å². The van der Waals surface area contributed by atoms with Crippen molar-refractivity contribution in [3.8, 4) is 0 Å². The molecule has 0 unspecified atom stereocenters. The average molecular weight is 247 g/mol. The molecule has 1 aromatic carbocycles. The highest BCUT2D eigenvalue weighted by atomic mass is 16.6. The number of hydrogen-bond acceptors (Lipinski definition) is 5. The normalized spacial score (nSPS) is 10.3. The number of nitrogen functional groups attached to an aromatic ring is 1. The summed E-state index contributed by atoms with van der Waals surface area (Å²) in [6, 6.07) is 6.65. The van der Waals surface area contributed by atoms with Crippen LogP contribution in [0.15, 0.2) is 30.5 Å². The number of benzene rings is 1. The SMILES string of the molecule is Cn1nccc1CNc1cccc(N)c1[N+](=O)[O-]. The van der Waals surface area contributed by atoms with Crippen LogP contribution in [0.25, 0.3) is 0 Å². The number of nitrogens with zero attached hydrogens (tertiary/aromatic N) is 3. The lowest BCUT2D eigenvalue weighted by molar-refractivity contribution is -0.383. The zero-order valence-corrected chi connectivity index (χ0v) is 9.83. The summed E-state index contributed by atoms with van der Waals surface area (Å²) in [4.78, 5) is 10.5. The number of nitro groups is 1. The van der Waals surface area contributed by atoms with Crippen molar-refractivity contribution in [1.29, 1.82) is 0 Å². The second-order valence-corrected chi connectivity index (χ2v) is 3.80. The molecule has 0 fully saturated rings. The Labute approximate surface area is 103 Å². The Balaban J connectivity index is 2.22. The number of para-hydroxylation sites is 1. The highest BCUT2D eigenvalue weighted by Crippen LogP contribution is 2.30. The third-order valence-electron chi connectivity index (χ3n) is 2.63. The molecular formula is C11H13N5O2. The van der Waals surface area contributed by atoms with E-state index in [1.807, 2.05) is 13.1 Å². The van der Waals surface area contributed by atoms with Gasteiger partial charge in [-0.15, -0.1) is 0 Å². The van der Waals surface area contributed by atoms with Crippen molar-refractivity contribution in [1.82, 2.24) is 9.78 Å². The lowest BCUT2D eigenvalue weighted by atomic mass is 10.2. The van der Waals surface area contributed by atoms with Crippen LogP contribution in [-0.4, -0.2) is 14.7 Å². The first-order valence-electron chi connectivity index (χ1n) is 5.33. The third-order valence-corrected chi connectivity index (χ3v) is 2.63. The maximum absolute atomic E-state index is 10.9. The van der Waals surface area contributed by atoms with E-state index in [0.717, 1.165) is 5.69 Å². The monoisotopic (exact) mass is 247 g/mol. The van der Waals surface area contributed by atoms with E-state index >= 15 is 0 Å². The van der Waals surface area contributed by atoms with Crippen molar-refractivity contribution in [2.75, 3.05) is 11.1 Å². The Morgan fingerprint density at radius 1 is 1.50 bits per heavy atom. The second kappa shape index (κ2) is 4.74. The Kier molecular flexibility index (Phi) is 3.13. The molecule has 0 aliphatic carbocycles. The molecule has 3 N–H and O–H groups in total. The molecule has 1 heterocycles. The quantitative estimate of drug-likeness (QED) is 0.485. The van der Waals surface area contributed by atoms with Gasteiger partial charge < -0.3 is 11.1 Å². The van der Waals surface area contributed by atoms with E-state index in [2.05, 4.69) is 10.4 Å². The van der Waals surface area contributed by atoms with Gasteiger partial charge in [0.05, 0.1) is 17.2 Å². The predicted octanol–water partition coefficient (Wildman–Crippen LogP) is 1.52. The van der Waals surface area contributed by atoms with E-state index in [0.29, 0.717) is 12.2 Å². The van der Waals surface area contributed by atoms with E-state index in [-0.39, 0.29) is 11.4 Å². The zero-order valence-electron chi connectivity index (χ0n) is 9.83. The van der Waals surface area contributed by atoms with Crippen LogP contribution in [0.2, 0.25) is 0 Å². The smallest absolute Gasteiger partial charge is 0.314 e. The summed E-state index contributed by atoms with van der Waals surface area (Å²) in [7, 11) is 1.81. The highest BCUT2D eigenvalue weighted by molar-refractivity contribution is 5.74. The Morgan fingerprint density at radius 2 is 2.28 bits per heavy atom. The van der Waals surface area contributed by atoms with Gasteiger partial charge in [-0.2, -0.15) is 5.10 Å². The Morgan fingerprint density at radius 3 is 2.89 bits per heavy atom. The predicted molar refractivity (Wildman–Crippen MR) is 68.0 cm³/mol. The standard InChI is InChI=1S/C11H13N5O2/c1-15-8(5-6-14-15)7-13-10-4-2-3-9(12)11(10)16(17)18/h2-6,13H,7,12H2,1H3. The van der Waals surface area contributed by atoms with Gasteiger partial charge in [0.15, 0.2) is 0 Å². The van der Waals surface area contributed by atoms with Gasteiger partial charge in [0.1, 0.15) is 11.4 Å². The van der Waals surface area contributed by atoms with Gasteiger partial charge in [-0.1, -0.05) is 6.07 Å². The molecule has 0 spiro atoms. The third kappa shape index (κ3) is 2.24. The Hall–Kier alpha value is -2.57. The minimum Gasteiger partial charge on any atom is -0.393 e. The first-order chi connectivity index (χ1) is 8.59. The number of aromatic nitrogens is 2. The maximum atomic E-state index is 10.9. The minimum atomic E-state index is -0.485. The number of nitro benzene ring substituents is 1. The molecule has 0 aliphatic rings. The molecule has 0 aliphatic heterocycles. The lowest BCUT2D eigenvalue weighted by Crippen LogP contribution is -2.07. The van der Waals surface area contributed by atoms with Crippen LogP contribution in [0.3, 0.4) is 0 Å². The molecule has 2 rings (SSSR count). The first-order valence-corrected chi connectivity index (χ1v) is 5.33. The molecule has 7 heteroatoms. The van der Waals surface area contributed by atoms with Gasteiger partial charge in [-0.3, -0.25) is 14.8 Å². The van der Waals surface area contributed by atoms with Crippen molar-refractivity contribution in [3.63, 3.8) is 0 Å². The molecule has 0 amide bonds. The van der Waals surface area contributed by atoms with Crippen molar-refractivity contribution < 1.29 is 4.92 Å². The van der Waals surface area contributed by atoms with Crippen LogP contribution in [-0.2, 0) is 13.6 Å². The Bertz CT molecular complexity index is 579. The zero-order chi connectivity index (χ0) is 13.1. The minimum absolute atomic E-state index is 0.0975. The number of aryl methyl sites for hydroxylation is 1. The number of rotatable bonds is 4. The number of nitrogens with two attached hydrogens (primary N) is 1. The summed E-state index contributed by atoms with van der Waals surface area (Å²) in [5.41, 5.74) is 6.98. The van der Waals surface area contributed by atoms with Crippen molar-refractivity contribution in [3.05, 3.63) is 46.3 Å². The molecule has 0 saturated carbocycles. The maximum Gasteiger partial charge on any atom is 0.314 e. The number of anilines is 2. The van der Waals surface area contributed by atoms with E-state index in [9.17, 15) is 10.1 Å². The summed E-state index contributed by atoms with van der Waals surface area (Å²) >= 11 is 0. The van der Waals surface area contributed by atoms with Gasteiger partial charge in [0.2, 0.25) is 0 Å². The molecule has 7 nitrogen and oxygen atoms in total. The van der Waals surface area contributed by atoms with Gasteiger partial charge in [-0.25, -0.2) is 0 Å². The van der Waals surface area contributed by atoms with E-state index in [1.165, 1.54) is 6.07 Å². The largest absolute Gasteiger partial charge is 0.393 e. The van der Waals surface area contributed by atoms with Crippen LogP contribution in [0.5, 0.6) is 0 Å². The van der Waals surface area contributed by atoms with E-state index in [4.69, 9.17) is 5.73 Å². The topological polar surface area (TPSA) is 99.0 Å². The van der Waals surface area contributed by atoms with Crippen LogP contribution in [0, 0.1) is 10.1 Å². The molecule has 18 heavy (non-hydrogen) atoms.